The minimum absolute atomic E-state index is 0.483. The van der Waals surface area contributed by atoms with E-state index in [2.05, 4.69) is 6.92 Å². The van der Waals surface area contributed by atoms with Crippen LogP contribution in [0.25, 0.3) is 0 Å². The van der Waals surface area contributed by atoms with Gasteiger partial charge in [0.25, 0.3) is 0 Å². The van der Waals surface area contributed by atoms with Gasteiger partial charge in [0.15, 0.2) is 0 Å². The van der Waals surface area contributed by atoms with Crippen molar-refractivity contribution in [1.29, 1.82) is 0 Å². The highest BCUT2D eigenvalue weighted by Crippen LogP contribution is 2.24. The fourth-order valence-corrected chi connectivity index (χ4v) is 3.27. The molecule has 0 aromatic carbocycles. The molecule has 0 aromatic rings. The molecule has 0 fully saturated rings. The van der Waals surface area contributed by atoms with E-state index in [4.69, 9.17) is 14.3 Å². The van der Waals surface area contributed by atoms with Crippen molar-refractivity contribution in [3.05, 3.63) is 0 Å². The fraction of sp³-hybridized carbons (Fsp3) is 1.00. The second-order valence-corrected chi connectivity index (χ2v) is 7.51. The topological polar surface area (TPSA) is 49.7 Å². The Morgan fingerprint density at radius 2 is 0.826 bits per heavy atom. The van der Waals surface area contributed by atoms with Gasteiger partial charge in [-0.2, -0.15) is 0 Å². The first-order chi connectivity index (χ1) is 11.3. The number of hydrogen-bond donors (Lipinski definition) is 2. The lowest BCUT2D eigenvalue weighted by molar-refractivity contribution is 0.248. The van der Waals surface area contributed by atoms with Gasteiger partial charge in [0.05, 0.1) is 6.61 Å². The smallest absolute Gasteiger partial charge is 0.327 e. The van der Waals surface area contributed by atoms with Crippen LogP contribution in [-0.4, -0.2) is 16.4 Å². The Hall–Kier alpha value is 0.310. The summed E-state index contributed by atoms with van der Waals surface area (Å²) >= 11 is 0. The summed E-state index contributed by atoms with van der Waals surface area (Å²) in [6.45, 7) is 2.76. The Balaban J connectivity index is 2.95. The third kappa shape index (κ3) is 22.3. The lowest BCUT2D eigenvalue weighted by Crippen LogP contribution is -1.89. The minimum Gasteiger partial charge on any atom is -0.328 e. The number of unbranched alkanes of at least 4 members (excludes halogenated alkanes) is 16. The van der Waals surface area contributed by atoms with Gasteiger partial charge in [-0.05, 0) is 6.42 Å². The van der Waals surface area contributed by atoms with Crippen LogP contribution in [0.3, 0.4) is 0 Å². The summed E-state index contributed by atoms with van der Waals surface area (Å²) in [6, 6.07) is 0. The molecule has 0 bridgehead atoms. The average molecular weight is 349 g/mol. The summed E-state index contributed by atoms with van der Waals surface area (Å²) in [4.78, 5) is 17.2. The molecule has 0 unspecified atom stereocenters. The van der Waals surface area contributed by atoms with Gasteiger partial charge in [-0.25, -0.2) is 0 Å². The van der Waals surface area contributed by atoms with Crippen LogP contribution in [0.15, 0.2) is 0 Å². The summed E-state index contributed by atoms with van der Waals surface area (Å²) in [5.74, 6) is 0. The molecule has 0 rings (SSSR count). The molecule has 23 heavy (non-hydrogen) atoms. The summed E-state index contributed by atoms with van der Waals surface area (Å²) in [5.41, 5.74) is 0. The first-order valence-corrected chi connectivity index (χ1v) is 11.2. The zero-order chi connectivity index (χ0) is 17.0. The van der Waals surface area contributed by atoms with E-state index in [1.807, 2.05) is 0 Å². The zero-order valence-corrected chi connectivity index (χ0v) is 16.4. The molecule has 0 saturated carbocycles. The van der Waals surface area contributed by atoms with Crippen molar-refractivity contribution in [2.45, 2.75) is 116 Å². The van der Waals surface area contributed by atoms with E-state index < -0.39 is 8.60 Å². The van der Waals surface area contributed by atoms with Crippen LogP contribution < -0.4 is 0 Å². The highest BCUT2D eigenvalue weighted by molar-refractivity contribution is 7.39. The maximum atomic E-state index is 8.59. The van der Waals surface area contributed by atoms with Crippen molar-refractivity contribution >= 4 is 8.60 Å². The molecule has 0 aromatic heterocycles. The van der Waals surface area contributed by atoms with Crippen molar-refractivity contribution in [1.82, 2.24) is 0 Å². The van der Waals surface area contributed by atoms with E-state index in [1.165, 1.54) is 96.3 Å². The highest BCUT2D eigenvalue weighted by atomic mass is 31.2. The van der Waals surface area contributed by atoms with Gasteiger partial charge >= 0.3 is 8.60 Å². The van der Waals surface area contributed by atoms with E-state index in [0.29, 0.717) is 6.61 Å². The van der Waals surface area contributed by atoms with Crippen molar-refractivity contribution < 1.29 is 14.3 Å². The molecule has 4 heteroatoms. The molecule has 2 N–H and O–H groups in total. The van der Waals surface area contributed by atoms with E-state index in [9.17, 15) is 0 Å². The molecule has 0 aliphatic heterocycles. The largest absolute Gasteiger partial charge is 0.328 e. The molecule has 0 saturated heterocycles. The number of rotatable bonds is 19. The predicted octanol–water partition coefficient (Wildman–Crippen LogP) is 6.87. The SMILES string of the molecule is CCCCCCCCCCCCCCCCCCCOP(O)O. The third-order valence-corrected chi connectivity index (χ3v) is 4.87. The Morgan fingerprint density at radius 3 is 1.13 bits per heavy atom. The van der Waals surface area contributed by atoms with Crippen molar-refractivity contribution in [2.24, 2.45) is 0 Å². The van der Waals surface area contributed by atoms with Crippen LogP contribution in [0, 0.1) is 0 Å². The van der Waals surface area contributed by atoms with Crippen LogP contribution in [-0.2, 0) is 4.52 Å². The van der Waals surface area contributed by atoms with Crippen LogP contribution in [0.5, 0.6) is 0 Å². The Bertz CT molecular complexity index is 213. The van der Waals surface area contributed by atoms with Gasteiger partial charge in [0.2, 0.25) is 0 Å². The fourth-order valence-electron chi connectivity index (χ4n) is 2.97. The number of hydrogen-bond acceptors (Lipinski definition) is 3. The standard InChI is InChI=1S/C19H41O3P/c1-2-3-4-5-6-7-8-9-10-11-12-13-14-15-16-17-18-19-22-23(20)21/h20-21H,2-19H2,1H3. The maximum Gasteiger partial charge on any atom is 0.327 e. The Morgan fingerprint density at radius 1 is 0.522 bits per heavy atom. The first-order valence-electron chi connectivity index (χ1n) is 10.1. The predicted molar refractivity (Wildman–Crippen MR) is 101 cm³/mol. The molecule has 0 radical (unpaired) electrons. The Labute approximate surface area is 146 Å². The normalized spacial score (nSPS) is 11.5. The quantitative estimate of drug-likeness (QED) is 0.198. The van der Waals surface area contributed by atoms with Gasteiger partial charge in [-0.15, -0.1) is 0 Å². The van der Waals surface area contributed by atoms with Crippen molar-refractivity contribution in [3.8, 4) is 0 Å². The van der Waals surface area contributed by atoms with Gasteiger partial charge in [-0.1, -0.05) is 110 Å². The van der Waals surface area contributed by atoms with Crippen LogP contribution in [0.1, 0.15) is 116 Å². The average Bonchev–Trinajstić information content (AvgIpc) is 2.53. The summed E-state index contributed by atoms with van der Waals surface area (Å²) in [7, 11) is -2.14. The van der Waals surface area contributed by atoms with Crippen LogP contribution in [0.2, 0.25) is 0 Å². The summed E-state index contributed by atoms with van der Waals surface area (Å²) in [6.07, 6.45) is 23.0. The summed E-state index contributed by atoms with van der Waals surface area (Å²) < 4.78 is 4.74. The van der Waals surface area contributed by atoms with Crippen LogP contribution in [0.4, 0.5) is 0 Å². The van der Waals surface area contributed by atoms with Gasteiger partial charge < -0.3 is 14.3 Å². The second kappa shape index (κ2) is 20.4. The van der Waals surface area contributed by atoms with E-state index in [0.717, 1.165) is 12.8 Å². The molecule has 3 nitrogen and oxygen atoms in total. The molecule has 140 valence electrons. The molecule has 0 amide bonds. The van der Waals surface area contributed by atoms with Gasteiger partial charge in [0, 0.05) is 0 Å². The zero-order valence-electron chi connectivity index (χ0n) is 15.5. The van der Waals surface area contributed by atoms with E-state index >= 15 is 0 Å². The lowest BCUT2D eigenvalue weighted by atomic mass is 10.0. The van der Waals surface area contributed by atoms with E-state index in [-0.39, 0.29) is 0 Å². The molecule has 0 atom stereocenters. The van der Waals surface area contributed by atoms with Crippen LogP contribution >= 0.6 is 8.60 Å². The highest BCUT2D eigenvalue weighted by Gasteiger charge is 1.98. The van der Waals surface area contributed by atoms with Crippen molar-refractivity contribution in [2.75, 3.05) is 6.61 Å². The molecule has 0 heterocycles. The first kappa shape index (κ1) is 23.3. The molecular weight excluding hydrogens is 307 g/mol. The van der Waals surface area contributed by atoms with Crippen molar-refractivity contribution in [3.63, 3.8) is 0 Å². The minimum atomic E-state index is -2.14. The third-order valence-electron chi connectivity index (χ3n) is 4.45. The second-order valence-electron chi connectivity index (χ2n) is 6.74. The Kier molecular flexibility index (Phi) is 20.6. The van der Waals surface area contributed by atoms with E-state index in [1.54, 1.807) is 0 Å². The maximum absolute atomic E-state index is 8.59. The molecular formula is C19H41O3P. The van der Waals surface area contributed by atoms with Gasteiger partial charge in [-0.3, -0.25) is 0 Å². The molecule has 0 aliphatic carbocycles. The summed E-state index contributed by atoms with van der Waals surface area (Å²) in [5, 5.41) is 0. The lowest BCUT2D eigenvalue weighted by Gasteiger charge is -2.04. The monoisotopic (exact) mass is 348 g/mol. The molecule has 0 aliphatic rings. The molecule has 0 spiro atoms. The van der Waals surface area contributed by atoms with Gasteiger partial charge in [0.1, 0.15) is 0 Å².